The van der Waals surface area contributed by atoms with Gasteiger partial charge in [-0.1, -0.05) is 0 Å². The molecule has 0 bridgehead atoms. The van der Waals surface area contributed by atoms with Crippen molar-refractivity contribution in [1.29, 1.82) is 0 Å². The fourth-order valence-electron chi connectivity index (χ4n) is 2.71. The van der Waals surface area contributed by atoms with E-state index in [-0.39, 0.29) is 50.8 Å². The van der Waals surface area contributed by atoms with E-state index in [0.29, 0.717) is 17.1 Å². The number of thiocarbonyl (C=S) groups is 1. The molecule has 3 aromatic rings. The zero-order chi connectivity index (χ0) is 24.2. The van der Waals surface area contributed by atoms with Gasteiger partial charge in [-0.05, 0) is 66.8 Å². The maximum atomic E-state index is 13.4. The van der Waals surface area contributed by atoms with E-state index in [1.165, 1.54) is 43.5 Å². The number of carbonyl (C=O) groups is 1. The summed E-state index contributed by atoms with van der Waals surface area (Å²) in [6.45, 7) is 0. The van der Waals surface area contributed by atoms with Gasteiger partial charge in [-0.2, -0.15) is 0 Å². The molecule has 1 amide bonds. The summed E-state index contributed by atoms with van der Waals surface area (Å²) in [6, 6.07) is 12.4. The predicted molar refractivity (Wildman–Crippen MR) is 122 cm³/mol. The normalized spacial score (nSPS) is 10.6. The molecular formula is C21H16F2N3NaO5S2. The molecule has 172 valence electrons. The molecule has 0 atom stereocenters. The average Bonchev–Trinajstić information content (AvgIpc) is 2.76. The van der Waals surface area contributed by atoms with Crippen LogP contribution in [0.1, 0.15) is 10.4 Å². The minimum atomic E-state index is -4.57. The molecule has 34 heavy (non-hydrogen) atoms. The van der Waals surface area contributed by atoms with Gasteiger partial charge in [-0.25, -0.2) is 17.2 Å². The summed E-state index contributed by atoms with van der Waals surface area (Å²) in [5, 5.41) is 8.22. The third kappa shape index (κ3) is 7.19. The van der Waals surface area contributed by atoms with E-state index in [1.54, 1.807) is 0 Å². The van der Waals surface area contributed by atoms with Gasteiger partial charge in [-0.15, -0.1) is 0 Å². The van der Waals surface area contributed by atoms with Gasteiger partial charge in [0.15, 0.2) is 16.7 Å². The fourth-order valence-corrected chi connectivity index (χ4v) is 3.41. The zero-order valence-corrected chi connectivity index (χ0v) is 21.5. The third-order valence-corrected chi connectivity index (χ3v) is 5.34. The summed E-state index contributed by atoms with van der Waals surface area (Å²) in [6.07, 6.45) is 0. The van der Waals surface area contributed by atoms with Crippen LogP contribution in [0.3, 0.4) is 0 Å². The SMILES string of the molecule is COc1ccc(C(=O)Nc2ccc(F)c(F)c2)cc1NC(=S)Nc1ccc(S(=O)(=O)[O-])cc1.[Na+]. The van der Waals surface area contributed by atoms with Gasteiger partial charge in [0.25, 0.3) is 5.91 Å². The number of anilines is 3. The molecule has 8 nitrogen and oxygen atoms in total. The first-order valence-electron chi connectivity index (χ1n) is 9.15. The number of carbonyl (C=O) groups excluding carboxylic acids is 1. The molecule has 3 aromatic carbocycles. The first-order chi connectivity index (χ1) is 15.6. The van der Waals surface area contributed by atoms with E-state index in [2.05, 4.69) is 16.0 Å². The molecule has 0 spiro atoms. The number of methoxy groups -OCH3 is 1. The quantitative estimate of drug-likeness (QED) is 0.252. The van der Waals surface area contributed by atoms with Crippen molar-refractivity contribution in [2.45, 2.75) is 4.90 Å². The van der Waals surface area contributed by atoms with Crippen LogP contribution in [0.2, 0.25) is 0 Å². The van der Waals surface area contributed by atoms with Crippen molar-refractivity contribution in [3.05, 3.63) is 77.9 Å². The van der Waals surface area contributed by atoms with E-state index in [9.17, 15) is 26.5 Å². The Morgan fingerprint density at radius 2 is 1.56 bits per heavy atom. The van der Waals surface area contributed by atoms with Crippen molar-refractivity contribution < 1.29 is 60.8 Å². The van der Waals surface area contributed by atoms with Gasteiger partial charge in [0.05, 0.1) is 17.7 Å². The van der Waals surface area contributed by atoms with Gasteiger partial charge >= 0.3 is 29.6 Å². The Balaban J connectivity index is 0.00000408. The van der Waals surface area contributed by atoms with Crippen molar-refractivity contribution in [3.63, 3.8) is 0 Å². The number of hydrogen-bond donors (Lipinski definition) is 3. The van der Waals surface area contributed by atoms with Crippen LogP contribution in [0, 0.1) is 11.6 Å². The Morgan fingerprint density at radius 1 is 0.912 bits per heavy atom. The number of hydrogen-bond acceptors (Lipinski definition) is 6. The smallest absolute Gasteiger partial charge is 0.744 e. The number of nitrogens with one attached hydrogen (secondary N) is 3. The van der Waals surface area contributed by atoms with Crippen LogP contribution in [0.4, 0.5) is 25.8 Å². The second-order valence-corrected chi connectivity index (χ2v) is 8.34. The molecule has 0 aromatic heterocycles. The molecule has 0 saturated heterocycles. The molecule has 0 saturated carbocycles. The second kappa shape index (κ2) is 11.7. The zero-order valence-electron chi connectivity index (χ0n) is 17.9. The number of benzene rings is 3. The van der Waals surface area contributed by atoms with Gasteiger partial charge in [0.2, 0.25) is 0 Å². The molecule has 0 radical (unpaired) electrons. The van der Waals surface area contributed by atoms with E-state index < -0.39 is 27.7 Å². The molecule has 0 fully saturated rings. The second-order valence-electron chi connectivity index (χ2n) is 6.56. The maximum absolute atomic E-state index is 13.4. The predicted octanol–water partition coefficient (Wildman–Crippen LogP) is 0.943. The van der Waals surface area contributed by atoms with Crippen LogP contribution in [0.5, 0.6) is 5.75 Å². The summed E-state index contributed by atoms with van der Waals surface area (Å²) < 4.78 is 64.8. The Morgan fingerprint density at radius 3 is 2.15 bits per heavy atom. The van der Waals surface area contributed by atoms with Gasteiger partial charge in [0, 0.05) is 23.0 Å². The van der Waals surface area contributed by atoms with E-state index in [4.69, 9.17) is 17.0 Å². The summed E-state index contributed by atoms with van der Waals surface area (Å²) in [5.74, 6) is -2.35. The Labute approximate surface area is 221 Å². The summed E-state index contributed by atoms with van der Waals surface area (Å²) in [5.41, 5.74) is 0.985. The van der Waals surface area contributed by atoms with Crippen LogP contribution < -0.4 is 50.2 Å². The average molecular weight is 515 g/mol. The fraction of sp³-hybridized carbons (Fsp3) is 0.0476. The molecule has 0 aliphatic rings. The van der Waals surface area contributed by atoms with Crippen molar-refractivity contribution >= 4 is 50.4 Å². The molecule has 3 N–H and O–H groups in total. The molecule has 0 aliphatic carbocycles. The van der Waals surface area contributed by atoms with E-state index in [0.717, 1.165) is 24.3 Å². The molecular weight excluding hydrogens is 499 g/mol. The van der Waals surface area contributed by atoms with Crippen LogP contribution in [-0.4, -0.2) is 31.1 Å². The minimum Gasteiger partial charge on any atom is -0.744 e. The Hall–Kier alpha value is -2.61. The summed E-state index contributed by atoms with van der Waals surface area (Å²) in [7, 11) is -3.15. The van der Waals surface area contributed by atoms with Gasteiger partial charge in [0.1, 0.15) is 15.9 Å². The first kappa shape index (κ1) is 27.6. The van der Waals surface area contributed by atoms with Crippen molar-refractivity contribution in [2.75, 3.05) is 23.1 Å². The van der Waals surface area contributed by atoms with Crippen molar-refractivity contribution in [3.8, 4) is 5.75 Å². The van der Waals surface area contributed by atoms with E-state index in [1.807, 2.05) is 0 Å². The first-order valence-corrected chi connectivity index (χ1v) is 11.0. The molecule has 13 heteroatoms. The number of halogens is 2. The number of amides is 1. The van der Waals surface area contributed by atoms with Gasteiger partial charge in [-0.3, -0.25) is 4.79 Å². The van der Waals surface area contributed by atoms with Crippen LogP contribution in [0.25, 0.3) is 0 Å². The maximum Gasteiger partial charge on any atom is 1.00 e. The van der Waals surface area contributed by atoms with Crippen LogP contribution in [-0.2, 0) is 10.1 Å². The largest absolute Gasteiger partial charge is 1.00 e. The summed E-state index contributed by atoms with van der Waals surface area (Å²) in [4.78, 5) is 12.2. The van der Waals surface area contributed by atoms with Crippen LogP contribution in [0.15, 0.2) is 65.6 Å². The topological polar surface area (TPSA) is 120 Å². The van der Waals surface area contributed by atoms with E-state index >= 15 is 0 Å². The number of rotatable bonds is 6. The molecule has 0 unspecified atom stereocenters. The minimum absolute atomic E-state index is 0. The molecule has 0 aliphatic heterocycles. The monoisotopic (exact) mass is 515 g/mol. The third-order valence-electron chi connectivity index (χ3n) is 4.29. The summed E-state index contributed by atoms with van der Waals surface area (Å²) >= 11 is 5.24. The molecule has 0 heterocycles. The number of ether oxygens (including phenoxy) is 1. The van der Waals surface area contributed by atoms with Gasteiger partial charge < -0.3 is 25.2 Å². The van der Waals surface area contributed by atoms with Crippen LogP contribution >= 0.6 is 12.2 Å². The van der Waals surface area contributed by atoms with Crippen molar-refractivity contribution in [2.24, 2.45) is 0 Å². The standard InChI is InChI=1S/C21H17F2N3O5S2.Na/c1-31-19-9-2-12(20(27)24-14-5-8-16(22)17(23)11-14)10-18(19)26-21(32)25-13-3-6-15(7-4-13)33(28,29)30;/h2-11H,1H3,(H,24,27)(H2,25,26,32)(H,28,29,30);/q;+1/p-1. The Kier molecular flexibility index (Phi) is 9.50. The van der Waals surface area contributed by atoms with Crippen molar-refractivity contribution in [1.82, 2.24) is 0 Å². The Bertz CT molecular complexity index is 1320. The molecule has 3 rings (SSSR count).